The lowest BCUT2D eigenvalue weighted by Crippen LogP contribution is -2.36. The van der Waals surface area contributed by atoms with Gasteiger partial charge in [-0.15, -0.1) is 11.3 Å². The zero-order valence-electron chi connectivity index (χ0n) is 12.9. The highest BCUT2D eigenvalue weighted by molar-refractivity contribution is 7.17. The van der Waals surface area contributed by atoms with Crippen molar-refractivity contribution in [2.45, 2.75) is 25.2 Å². The van der Waals surface area contributed by atoms with E-state index in [9.17, 15) is 9.18 Å². The monoisotopic (exact) mass is 317 g/mol. The molecule has 1 amide bonds. The van der Waals surface area contributed by atoms with Gasteiger partial charge in [-0.05, 0) is 66.2 Å². The van der Waals surface area contributed by atoms with Crippen LogP contribution in [-0.4, -0.2) is 24.9 Å². The standard InChI is InChI=1S/C18H20FNOS/c1-20(2)18(21)17-12-4-3-10(7-12)16(17)11-5-6-14-13(8-11)9-15(19)22-14/h5-6,8-10,12,16-17H,3-4,7H2,1-2H3/t10-,12+,16-,17-/m1/s1. The number of nitrogens with zero attached hydrogens (tertiary/aromatic N) is 1. The summed E-state index contributed by atoms with van der Waals surface area (Å²) in [6.07, 6.45) is 3.58. The third-order valence-electron chi connectivity index (χ3n) is 5.54. The Morgan fingerprint density at radius 3 is 2.77 bits per heavy atom. The molecule has 1 heterocycles. The van der Waals surface area contributed by atoms with Crippen LogP contribution in [0.1, 0.15) is 30.7 Å². The van der Waals surface area contributed by atoms with Gasteiger partial charge in [0.2, 0.25) is 5.91 Å². The summed E-state index contributed by atoms with van der Waals surface area (Å²) >= 11 is 1.19. The van der Waals surface area contributed by atoms with E-state index >= 15 is 0 Å². The first kappa shape index (κ1) is 14.2. The number of carbonyl (C=O) groups is 1. The van der Waals surface area contributed by atoms with Crippen molar-refractivity contribution in [3.8, 4) is 0 Å². The first-order valence-electron chi connectivity index (χ1n) is 7.95. The molecule has 2 nitrogen and oxygen atoms in total. The van der Waals surface area contributed by atoms with Crippen LogP contribution in [0.2, 0.25) is 0 Å². The van der Waals surface area contributed by atoms with Crippen LogP contribution in [0, 0.1) is 22.9 Å². The maximum atomic E-state index is 13.4. The molecule has 4 atom stereocenters. The Hall–Kier alpha value is -1.42. The highest BCUT2D eigenvalue weighted by Crippen LogP contribution is 2.57. The zero-order chi connectivity index (χ0) is 15.4. The number of halogens is 1. The van der Waals surface area contributed by atoms with Crippen molar-refractivity contribution in [2.75, 3.05) is 14.1 Å². The third kappa shape index (κ3) is 2.08. The lowest BCUT2D eigenvalue weighted by atomic mass is 9.74. The average Bonchev–Trinajstić information content (AvgIpc) is 3.17. The summed E-state index contributed by atoms with van der Waals surface area (Å²) in [7, 11) is 3.70. The van der Waals surface area contributed by atoms with E-state index in [0.29, 0.717) is 17.8 Å². The Balaban J connectivity index is 1.75. The molecule has 4 rings (SSSR count). The number of hydrogen-bond acceptors (Lipinski definition) is 2. The molecular weight excluding hydrogens is 297 g/mol. The summed E-state index contributed by atoms with van der Waals surface area (Å²) in [5.74, 6) is 1.81. The molecule has 0 unspecified atom stereocenters. The van der Waals surface area contributed by atoms with Crippen molar-refractivity contribution in [2.24, 2.45) is 17.8 Å². The second kappa shape index (κ2) is 5.05. The fourth-order valence-corrected chi connectivity index (χ4v) is 5.43. The van der Waals surface area contributed by atoms with Crippen LogP contribution in [-0.2, 0) is 4.79 Å². The number of thiophene rings is 1. The molecule has 116 valence electrons. The van der Waals surface area contributed by atoms with Crippen LogP contribution in [0.4, 0.5) is 4.39 Å². The highest BCUT2D eigenvalue weighted by atomic mass is 32.1. The number of benzene rings is 1. The normalized spacial score (nSPS) is 30.1. The van der Waals surface area contributed by atoms with E-state index in [4.69, 9.17) is 0 Å². The molecule has 22 heavy (non-hydrogen) atoms. The van der Waals surface area contributed by atoms with Gasteiger partial charge in [-0.25, -0.2) is 0 Å². The predicted molar refractivity (Wildman–Crippen MR) is 87.5 cm³/mol. The Bertz CT molecular complexity index is 738. The zero-order valence-corrected chi connectivity index (χ0v) is 13.7. The van der Waals surface area contributed by atoms with Gasteiger partial charge in [0, 0.05) is 24.7 Å². The van der Waals surface area contributed by atoms with Gasteiger partial charge in [-0.2, -0.15) is 4.39 Å². The molecule has 1 aromatic carbocycles. The maximum Gasteiger partial charge on any atom is 0.226 e. The van der Waals surface area contributed by atoms with Gasteiger partial charge in [0.1, 0.15) is 0 Å². The van der Waals surface area contributed by atoms with E-state index in [0.717, 1.165) is 10.1 Å². The lowest BCUT2D eigenvalue weighted by molar-refractivity contribution is -0.135. The van der Waals surface area contributed by atoms with Crippen LogP contribution in [0.5, 0.6) is 0 Å². The van der Waals surface area contributed by atoms with Gasteiger partial charge in [0.05, 0.1) is 0 Å². The minimum absolute atomic E-state index is 0.106. The van der Waals surface area contributed by atoms with E-state index in [-0.39, 0.29) is 17.0 Å². The highest BCUT2D eigenvalue weighted by Gasteiger charge is 2.51. The molecule has 2 fully saturated rings. The molecule has 0 N–H and O–H groups in total. The van der Waals surface area contributed by atoms with Gasteiger partial charge < -0.3 is 4.90 Å². The second-order valence-corrected chi connectivity index (χ2v) is 8.00. The largest absolute Gasteiger partial charge is 0.349 e. The van der Waals surface area contributed by atoms with Gasteiger partial charge in [-0.1, -0.05) is 6.07 Å². The van der Waals surface area contributed by atoms with Gasteiger partial charge in [0.25, 0.3) is 0 Å². The fraction of sp³-hybridized carbons (Fsp3) is 0.500. The Labute approximate surface area is 133 Å². The quantitative estimate of drug-likeness (QED) is 0.810. The topological polar surface area (TPSA) is 20.3 Å². The van der Waals surface area contributed by atoms with E-state index in [1.807, 2.05) is 20.2 Å². The first-order chi connectivity index (χ1) is 10.5. The van der Waals surface area contributed by atoms with Crippen LogP contribution in [0.25, 0.3) is 10.1 Å². The maximum absolute atomic E-state index is 13.4. The van der Waals surface area contributed by atoms with Crippen molar-refractivity contribution >= 4 is 27.3 Å². The smallest absolute Gasteiger partial charge is 0.226 e. The minimum atomic E-state index is -0.138. The first-order valence-corrected chi connectivity index (χ1v) is 8.76. The Kier molecular flexibility index (Phi) is 3.26. The molecule has 4 heteroatoms. The molecule has 2 bridgehead atoms. The van der Waals surface area contributed by atoms with Crippen molar-refractivity contribution < 1.29 is 9.18 Å². The number of carbonyl (C=O) groups excluding carboxylic acids is 1. The van der Waals surface area contributed by atoms with E-state index in [2.05, 4.69) is 12.1 Å². The van der Waals surface area contributed by atoms with Crippen LogP contribution >= 0.6 is 11.3 Å². The number of rotatable bonds is 2. The van der Waals surface area contributed by atoms with Crippen LogP contribution < -0.4 is 0 Å². The third-order valence-corrected chi connectivity index (χ3v) is 6.44. The molecule has 1 aromatic heterocycles. The van der Waals surface area contributed by atoms with E-state index in [1.165, 1.54) is 36.2 Å². The summed E-state index contributed by atoms with van der Waals surface area (Å²) in [5, 5.41) is 0.833. The van der Waals surface area contributed by atoms with Crippen LogP contribution in [0.3, 0.4) is 0 Å². The predicted octanol–water partition coefficient (Wildman–Crippen LogP) is 4.26. The average molecular weight is 317 g/mol. The summed E-state index contributed by atoms with van der Waals surface area (Å²) in [5.41, 5.74) is 1.22. The van der Waals surface area contributed by atoms with Gasteiger partial charge in [-0.3, -0.25) is 4.79 Å². The van der Waals surface area contributed by atoms with Crippen LogP contribution in [0.15, 0.2) is 24.3 Å². The molecule has 0 aliphatic heterocycles. The molecule has 2 aromatic rings. The van der Waals surface area contributed by atoms with Gasteiger partial charge >= 0.3 is 0 Å². The molecule has 0 saturated heterocycles. The molecular formula is C18H20FNOS. The number of fused-ring (bicyclic) bond motifs is 3. The summed E-state index contributed by atoms with van der Waals surface area (Å²) in [6, 6.07) is 7.84. The van der Waals surface area contributed by atoms with E-state index < -0.39 is 0 Å². The van der Waals surface area contributed by atoms with Crippen molar-refractivity contribution in [3.63, 3.8) is 0 Å². The van der Waals surface area contributed by atoms with E-state index in [1.54, 1.807) is 11.0 Å². The van der Waals surface area contributed by atoms with Crippen molar-refractivity contribution in [1.29, 1.82) is 0 Å². The Morgan fingerprint density at radius 2 is 2.00 bits per heavy atom. The fourth-order valence-electron chi connectivity index (χ4n) is 4.66. The van der Waals surface area contributed by atoms with Crippen molar-refractivity contribution in [1.82, 2.24) is 4.90 Å². The lowest BCUT2D eigenvalue weighted by Gasteiger charge is -2.32. The number of amides is 1. The SMILES string of the molecule is CN(C)C(=O)[C@@H]1[C@H]2CC[C@H](C2)[C@@H]1c1ccc2sc(F)cc2c1. The molecule has 2 aliphatic rings. The molecule has 2 saturated carbocycles. The minimum Gasteiger partial charge on any atom is -0.349 e. The number of hydrogen-bond donors (Lipinski definition) is 0. The second-order valence-electron chi connectivity index (χ2n) is 6.97. The van der Waals surface area contributed by atoms with Crippen molar-refractivity contribution in [3.05, 3.63) is 35.0 Å². The summed E-state index contributed by atoms with van der Waals surface area (Å²) < 4.78 is 14.4. The summed E-state index contributed by atoms with van der Waals surface area (Å²) in [6.45, 7) is 0. The molecule has 0 spiro atoms. The molecule has 2 aliphatic carbocycles. The Morgan fingerprint density at radius 1 is 1.23 bits per heavy atom. The molecule has 0 radical (unpaired) electrons. The summed E-state index contributed by atoms with van der Waals surface area (Å²) in [4.78, 5) is 14.4. The van der Waals surface area contributed by atoms with Gasteiger partial charge in [0.15, 0.2) is 5.13 Å².